The number of alkyl halides is 2. The van der Waals surface area contributed by atoms with Gasteiger partial charge in [-0.1, -0.05) is 48.6 Å². The molecule has 0 unspecified atom stereocenters. The molecule has 156 valence electrons. The average molecular weight is 418 g/mol. The normalized spacial score (nSPS) is 11.4. The molecule has 0 aliphatic carbocycles. The van der Waals surface area contributed by atoms with Crippen molar-refractivity contribution < 1.29 is 26.7 Å². The molecular weight excluding hydrogens is 399 g/mol. The van der Waals surface area contributed by atoms with E-state index < -0.39 is 29.8 Å². The summed E-state index contributed by atoms with van der Waals surface area (Å²) in [5.41, 5.74) is 2.40. The van der Waals surface area contributed by atoms with E-state index in [-0.39, 0.29) is 11.1 Å². The van der Waals surface area contributed by atoms with E-state index in [1.54, 1.807) is 6.07 Å². The van der Waals surface area contributed by atoms with Crippen LogP contribution >= 0.6 is 0 Å². The van der Waals surface area contributed by atoms with Crippen LogP contribution in [0.1, 0.15) is 18.9 Å². The fraction of sp³-hybridized carbons (Fsp3) is 0.167. The molecule has 1 nitrogen and oxygen atoms in total. The Labute approximate surface area is 171 Å². The molecule has 0 bridgehead atoms. The molecule has 0 N–H and O–H groups in total. The average Bonchev–Trinajstić information content (AvgIpc) is 2.71. The van der Waals surface area contributed by atoms with Crippen LogP contribution in [0, 0.1) is 17.5 Å². The third-order valence-corrected chi connectivity index (χ3v) is 4.61. The molecule has 0 heterocycles. The predicted molar refractivity (Wildman–Crippen MR) is 107 cm³/mol. The van der Waals surface area contributed by atoms with Gasteiger partial charge in [0.15, 0.2) is 17.4 Å². The molecule has 0 aliphatic heterocycles. The molecule has 0 saturated carbocycles. The van der Waals surface area contributed by atoms with E-state index in [9.17, 15) is 22.0 Å². The molecule has 30 heavy (non-hydrogen) atoms. The van der Waals surface area contributed by atoms with Crippen molar-refractivity contribution in [1.82, 2.24) is 0 Å². The standard InChI is InChI=1S/C24H19F5O/c1-2-3-4-5-15-6-8-16(9-7-15)17-10-11-19(20(25)12-17)18-13-21(26)23(22(27)14-18)30-24(28)29/h2-3,6-14,24H,4-5H2,1H3. The Morgan fingerprint density at radius 1 is 0.800 bits per heavy atom. The lowest BCUT2D eigenvalue weighted by atomic mass is 9.98. The summed E-state index contributed by atoms with van der Waals surface area (Å²) >= 11 is 0. The number of hydrogen-bond donors (Lipinski definition) is 0. The Balaban J connectivity index is 1.85. The SMILES string of the molecule is CC=CCCc1ccc(-c2ccc(-c3cc(F)c(OC(F)F)c(F)c3)c(F)c2)cc1. The van der Waals surface area contributed by atoms with Crippen LogP contribution in [0.15, 0.2) is 66.7 Å². The van der Waals surface area contributed by atoms with Gasteiger partial charge in [-0.3, -0.25) is 0 Å². The molecule has 3 rings (SSSR count). The highest BCUT2D eigenvalue weighted by Gasteiger charge is 2.18. The second-order valence-corrected chi connectivity index (χ2v) is 6.65. The molecule has 0 atom stereocenters. The van der Waals surface area contributed by atoms with Gasteiger partial charge in [0.1, 0.15) is 5.82 Å². The fourth-order valence-electron chi connectivity index (χ4n) is 3.13. The van der Waals surface area contributed by atoms with Crippen molar-refractivity contribution in [2.75, 3.05) is 0 Å². The largest absolute Gasteiger partial charge is 0.429 e. The minimum atomic E-state index is -3.37. The number of hydrogen-bond acceptors (Lipinski definition) is 1. The van der Waals surface area contributed by atoms with E-state index in [1.165, 1.54) is 12.1 Å². The molecule has 3 aromatic carbocycles. The molecule has 0 saturated heterocycles. The zero-order valence-corrected chi connectivity index (χ0v) is 16.1. The monoisotopic (exact) mass is 418 g/mol. The van der Waals surface area contributed by atoms with Crippen molar-refractivity contribution in [3.8, 4) is 28.0 Å². The van der Waals surface area contributed by atoms with E-state index >= 15 is 0 Å². The van der Waals surface area contributed by atoms with Gasteiger partial charge in [0.05, 0.1) is 0 Å². The van der Waals surface area contributed by atoms with Crippen molar-refractivity contribution in [2.45, 2.75) is 26.4 Å². The van der Waals surface area contributed by atoms with Crippen LogP contribution in [0.2, 0.25) is 0 Å². The first-order chi connectivity index (χ1) is 14.4. The molecule has 0 radical (unpaired) electrons. The van der Waals surface area contributed by atoms with Crippen LogP contribution in [0.5, 0.6) is 5.75 Å². The lowest BCUT2D eigenvalue weighted by Crippen LogP contribution is -2.06. The Hall–Kier alpha value is -3.15. The van der Waals surface area contributed by atoms with Crippen molar-refractivity contribution in [1.29, 1.82) is 0 Å². The van der Waals surface area contributed by atoms with Crippen LogP contribution in [-0.2, 0) is 6.42 Å². The zero-order chi connectivity index (χ0) is 21.7. The first kappa shape index (κ1) is 21.6. The van der Waals surface area contributed by atoms with Gasteiger partial charge in [0.25, 0.3) is 0 Å². The van der Waals surface area contributed by atoms with Gasteiger partial charge in [-0.15, -0.1) is 0 Å². The van der Waals surface area contributed by atoms with Crippen molar-refractivity contribution in [2.24, 2.45) is 0 Å². The highest BCUT2D eigenvalue weighted by molar-refractivity contribution is 5.71. The number of ether oxygens (including phenoxy) is 1. The second-order valence-electron chi connectivity index (χ2n) is 6.65. The third kappa shape index (κ3) is 5.06. The van der Waals surface area contributed by atoms with E-state index in [2.05, 4.69) is 10.8 Å². The lowest BCUT2D eigenvalue weighted by molar-refractivity contribution is -0.0546. The van der Waals surface area contributed by atoms with Crippen molar-refractivity contribution >= 4 is 0 Å². The van der Waals surface area contributed by atoms with Crippen LogP contribution in [0.3, 0.4) is 0 Å². The van der Waals surface area contributed by atoms with Crippen LogP contribution in [-0.4, -0.2) is 6.61 Å². The quantitative estimate of drug-likeness (QED) is 0.284. The topological polar surface area (TPSA) is 9.23 Å². The first-order valence-electron chi connectivity index (χ1n) is 9.33. The maximum atomic E-state index is 14.7. The van der Waals surface area contributed by atoms with E-state index in [4.69, 9.17) is 0 Å². The Morgan fingerprint density at radius 3 is 1.97 bits per heavy atom. The smallest absolute Gasteiger partial charge is 0.387 e. The van der Waals surface area contributed by atoms with Gasteiger partial charge in [-0.05, 0) is 60.2 Å². The molecule has 0 aliphatic rings. The summed E-state index contributed by atoms with van der Waals surface area (Å²) in [7, 11) is 0. The molecule has 3 aromatic rings. The van der Waals surface area contributed by atoms with Crippen LogP contribution in [0.4, 0.5) is 22.0 Å². The summed E-state index contributed by atoms with van der Waals surface area (Å²) in [6.07, 6.45) is 5.92. The van der Waals surface area contributed by atoms with Crippen molar-refractivity contribution in [3.05, 3.63) is 89.8 Å². The molecular formula is C24H19F5O. The van der Waals surface area contributed by atoms with Gasteiger partial charge < -0.3 is 4.74 Å². The molecule has 0 fully saturated rings. The van der Waals surface area contributed by atoms with Gasteiger partial charge in [-0.25, -0.2) is 13.2 Å². The summed E-state index contributed by atoms with van der Waals surface area (Å²) in [6, 6.07) is 13.5. The minimum Gasteiger partial charge on any atom is -0.429 e. The molecule has 0 spiro atoms. The summed E-state index contributed by atoms with van der Waals surface area (Å²) in [5.74, 6) is -4.55. The molecule has 6 heteroatoms. The van der Waals surface area contributed by atoms with E-state index in [0.717, 1.165) is 36.1 Å². The minimum absolute atomic E-state index is 0.0527. The first-order valence-corrected chi connectivity index (χ1v) is 9.33. The molecule has 0 amide bonds. The van der Waals surface area contributed by atoms with E-state index in [0.29, 0.717) is 5.56 Å². The summed E-state index contributed by atoms with van der Waals surface area (Å²) in [5, 5.41) is 0. The fourth-order valence-corrected chi connectivity index (χ4v) is 3.13. The van der Waals surface area contributed by atoms with Crippen LogP contribution in [0.25, 0.3) is 22.3 Å². The van der Waals surface area contributed by atoms with Gasteiger partial charge in [0, 0.05) is 5.56 Å². The number of benzene rings is 3. The Kier molecular flexibility index (Phi) is 6.87. The van der Waals surface area contributed by atoms with Gasteiger partial charge in [-0.2, -0.15) is 8.78 Å². The number of aryl methyl sites for hydroxylation is 1. The Bertz CT molecular complexity index is 1020. The number of allylic oxidation sites excluding steroid dienone is 2. The second kappa shape index (κ2) is 9.57. The Morgan fingerprint density at radius 2 is 1.40 bits per heavy atom. The number of rotatable bonds is 7. The van der Waals surface area contributed by atoms with Crippen molar-refractivity contribution in [3.63, 3.8) is 0 Å². The maximum Gasteiger partial charge on any atom is 0.387 e. The zero-order valence-electron chi connectivity index (χ0n) is 16.1. The van der Waals surface area contributed by atoms with Crippen LogP contribution < -0.4 is 4.74 Å². The molecule has 0 aromatic heterocycles. The summed E-state index contributed by atoms with van der Waals surface area (Å²) in [6.45, 7) is -1.40. The maximum absolute atomic E-state index is 14.7. The predicted octanol–water partition coefficient (Wildman–Crippen LogP) is 7.55. The highest BCUT2D eigenvalue weighted by Crippen LogP contribution is 2.33. The van der Waals surface area contributed by atoms with Gasteiger partial charge in [0.2, 0.25) is 0 Å². The number of halogens is 5. The summed E-state index contributed by atoms with van der Waals surface area (Å²) in [4.78, 5) is 0. The van der Waals surface area contributed by atoms with E-state index in [1.807, 2.05) is 37.3 Å². The lowest BCUT2D eigenvalue weighted by Gasteiger charge is -2.11. The summed E-state index contributed by atoms with van der Waals surface area (Å²) < 4.78 is 70.9. The highest BCUT2D eigenvalue weighted by atomic mass is 19.3. The van der Waals surface area contributed by atoms with Gasteiger partial charge >= 0.3 is 6.61 Å². The third-order valence-electron chi connectivity index (χ3n) is 4.61.